The van der Waals surface area contributed by atoms with Crippen LogP contribution in [0.15, 0.2) is 24.3 Å². The summed E-state index contributed by atoms with van der Waals surface area (Å²) in [6, 6.07) is 6.41. The van der Waals surface area contributed by atoms with Crippen LogP contribution in [0.25, 0.3) is 6.08 Å². The van der Waals surface area contributed by atoms with Crippen molar-refractivity contribution in [2.24, 2.45) is 5.92 Å². The van der Waals surface area contributed by atoms with Crippen molar-refractivity contribution in [2.75, 3.05) is 11.1 Å². The molecule has 0 bridgehead atoms. The van der Waals surface area contributed by atoms with Crippen molar-refractivity contribution in [3.8, 4) is 0 Å². The highest BCUT2D eigenvalue weighted by molar-refractivity contribution is 5.73. The number of hydrogen-bond donors (Lipinski definition) is 2. The zero-order valence-electron chi connectivity index (χ0n) is 8.62. The van der Waals surface area contributed by atoms with E-state index in [9.17, 15) is 0 Å². The maximum Gasteiger partial charge on any atom is 0.0470 e. The summed E-state index contributed by atoms with van der Waals surface area (Å²) in [6.45, 7) is 4.43. The van der Waals surface area contributed by atoms with Crippen molar-refractivity contribution in [3.63, 3.8) is 0 Å². The third kappa shape index (κ3) is 1.60. The molecular formula is C12H16N2. The summed E-state index contributed by atoms with van der Waals surface area (Å²) in [6.07, 6.45) is 4.35. The van der Waals surface area contributed by atoms with Crippen LogP contribution in [0.5, 0.6) is 0 Å². The summed E-state index contributed by atoms with van der Waals surface area (Å²) in [5.74, 6) is 0.608. The molecule has 0 fully saturated rings. The Balaban J connectivity index is 2.31. The van der Waals surface area contributed by atoms with Crippen molar-refractivity contribution < 1.29 is 0 Å². The second-order valence-corrected chi connectivity index (χ2v) is 4.12. The van der Waals surface area contributed by atoms with E-state index in [0.717, 1.165) is 5.69 Å². The second kappa shape index (κ2) is 3.37. The Hall–Kier alpha value is -1.44. The fourth-order valence-electron chi connectivity index (χ4n) is 1.67. The summed E-state index contributed by atoms with van der Waals surface area (Å²) in [7, 11) is 0. The van der Waals surface area contributed by atoms with Crippen molar-refractivity contribution in [1.82, 2.24) is 0 Å². The Labute approximate surface area is 84.8 Å². The van der Waals surface area contributed by atoms with E-state index in [2.05, 4.69) is 31.3 Å². The predicted molar refractivity (Wildman–Crippen MR) is 62.1 cm³/mol. The molecule has 1 aromatic rings. The smallest absolute Gasteiger partial charge is 0.0470 e. The average Bonchev–Trinajstić information content (AvgIpc) is 2.16. The molecule has 1 atom stereocenters. The van der Waals surface area contributed by atoms with E-state index in [1.807, 2.05) is 18.2 Å². The van der Waals surface area contributed by atoms with Crippen LogP contribution < -0.4 is 11.1 Å². The lowest BCUT2D eigenvalue weighted by molar-refractivity contribution is 0.600. The number of hydrogen-bond acceptors (Lipinski definition) is 2. The van der Waals surface area contributed by atoms with Crippen molar-refractivity contribution >= 4 is 17.5 Å². The van der Waals surface area contributed by atoms with Crippen LogP contribution in [-0.2, 0) is 0 Å². The number of benzene rings is 1. The quantitative estimate of drug-likeness (QED) is 0.665. The monoisotopic (exact) mass is 188 g/mol. The summed E-state index contributed by atoms with van der Waals surface area (Å²) in [5, 5.41) is 3.48. The molecule has 14 heavy (non-hydrogen) atoms. The Kier molecular flexibility index (Phi) is 2.20. The van der Waals surface area contributed by atoms with Crippen molar-refractivity contribution in [3.05, 3.63) is 29.8 Å². The van der Waals surface area contributed by atoms with Gasteiger partial charge >= 0.3 is 0 Å². The molecule has 0 saturated carbocycles. The Morgan fingerprint density at radius 1 is 1.36 bits per heavy atom. The van der Waals surface area contributed by atoms with Gasteiger partial charge in [-0.15, -0.1) is 0 Å². The van der Waals surface area contributed by atoms with Gasteiger partial charge in [-0.1, -0.05) is 26.0 Å². The normalized spacial score (nSPS) is 19.2. The van der Waals surface area contributed by atoms with Gasteiger partial charge < -0.3 is 11.1 Å². The van der Waals surface area contributed by atoms with Crippen molar-refractivity contribution in [2.45, 2.75) is 19.9 Å². The number of nitrogen functional groups attached to an aromatic ring is 1. The van der Waals surface area contributed by atoms with Crippen LogP contribution in [0.4, 0.5) is 11.4 Å². The molecule has 1 unspecified atom stereocenters. The Morgan fingerprint density at radius 2 is 2.14 bits per heavy atom. The number of nitrogens with two attached hydrogens (primary N) is 1. The van der Waals surface area contributed by atoms with E-state index in [-0.39, 0.29) is 0 Å². The van der Waals surface area contributed by atoms with Crippen LogP contribution in [0, 0.1) is 5.92 Å². The highest BCUT2D eigenvalue weighted by Crippen LogP contribution is 2.27. The molecule has 74 valence electrons. The van der Waals surface area contributed by atoms with Gasteiger partial charge in [0.15, 0.2) is 0 Å². The topological polar surface area (TPSA) is 38.0 Å². The molecule has 0 aromatic heterocycles. The first kappa shape index (κ1) is 9.13. The number of anilines is 2. The molecule has 0 saturated heterocycles. The van der Waals surface area contributed by atoms with Gasteiger partial charge in [0, 0.05) is 17.4 Å². The van der Waals surface area contributed by atoms with Gasteiger partial charge in [0.2, 0.25) is 0 Å². The first-order chi connectivity index (χ1) is 6.66. The van der Waals surface area contributed by atoms with E-state index in [1.165, 1.54) is 11.3 Å². The van der Waals surface area contributed by atoms with Gasteiger partial charge in [-0.05, 0) is 29.7 Å². The number of rotatable bonds is 1. The molecule has 1 aliphatic heterocycles. The van der Waals surface area contributed by atoms with Gasteiger partial charge in [-0.25, -0.2) is 0 Å². The molecule has 0 spiro atoms. The molecule has 0 amide bonds. The summed E-state index contributed by atoms with van der Waals surface area (Å²) in [5.41, 5.74) is 8.90. The number of fused-ring (bicyclic) bond motifs is 1. The molecule has 2 nitrogen and oxygen atoms in total. The zero-order valence-corrected chi connectivity index (χ0v) is 8.62. The third-order valence-electron chi connectivity index (χ3n) is 2.60. The first-order valence-electron chi connectivity index (χ1n) is 5.01. The summed E-state index contributed by atoms with van der Waals surface area (Å²) < 4.78 is 0. The molecular weight excluding hydrogens is 172 g/mol. The third-order valence-corrected chi connectivity index (χ3v) is 2.60. The number of nitrogens with one attached hydrogen (secondary N) is 1. The van der Waals surface area contributed by atoms with E-state index < -0.39 is 0 Å². The Bertz CT molecular complexity index is 367. The second-order valence-electron chi connectivity index (χ2n) is 4.12. The molecule has 0 aliphatic carbocycles. The van der Waals surface area contributed by atoms with Crippen LogP contribution in [0.1, 0.15) is 19.4 Å². The fraction of sp³-hybridized carbons (Fsp3) is 0.333. The first-order valence-corrected chi connectivity index (χ1v) is 5.01. The van der Waals surface area contributed by atoms with Gasteiger partial charge in [0.05, 0.1) is 0 Å². The highest BCUT2D eigenvalue weighted by Gasteiger charge is 2.14. The molecule has 2 heteroatoms. The van der Waals surface area contributed by atoms with Gasteiger partial charge in [0.1, 0.15) is 0 Å². The minimum absolute atomic E-state index is 0.436. The van der Waals surface area contributed by atoms with Gasteiger partial charge in [0.25, 0.3) is 0 Å². The molecule has 2 rings (SSSR count). The molecule has 1 aliphatic rings. The van der Waals surface area contributed by atoms with Crippen molar-refractivity contribution in [1.29, 1.82) is 0 Å². The predicted octanol–water partition coefficient (Wildman–Crippen LogP) is 2.73. The van der Waals surface area contributed by atoms with Crippen LogP contribution in [0.3, 0.4) is 0 Å². The lowest BCUT2D eigenvalue weighted by atomic mass is 9.97. The maximum atomic E-state index is 5.71. The molecule has 1 aromatic carbocycles. The van der Waals surface area contributed by atoms with E-state index in [4.69, 9.17) is 5.73 Å². The highest BCUT2D eigenvalue weighted by atomic mass is 14.9. The standard InChI is InChI=1S/C12H16N2/c1-8(2)11-5-3-9-7-10(13)4-6-12(9)14-11/h3-8,11,14H,13H2,1-2H3. The average molecular weight is 188 g/mol. The van der Waals surface area contributed by atoms with E-state index >= 15 is 0 Å². The van der Waals surface area contributed by atoms with Crippen LogP contribution in [-0.4, -0.2) is 6.04 Å². The lowest BCUT2D eigenvalue weighted by Gasteiger charge is -2.25. The molecule has 3 N–H and O–H groups in total. The van der Waals surface area contributed by atoms with E-state index in [0.29, 0.717) is 12.0 Å². The molecule has 0 radical (unpaired) electrons. The fourth-order valence-corrected chi connectivity index (χ4v) is 1.67. The maximum absolute atomic E-state index is 5.71. The van der Waals surface area contributed by atoms with Crippen LogP contribution >= 0.6 is 0 Å². The summed E-state index contributed by atoms with van der Waals surface area (Å²) in [4.78, 5) is 0. The molecule has 1 heterocycles. The zero-order chi connectivity index (χ0) is 10.1. The largest absolute Gasteiger partial charge is 0.399 e. The van der Waals surface area contributed by atoms with Gasteiger partial charge in [-0.2, -0.15) is 0 Å². The SMILES string of the molecule is CC(C)C1C=Cc2cc(N)ccc2N1. The Morgan fingerprint density at radius 3 is 2.86 bits per heavy atom. The lowest BCUT2D eigenvalue weighted by Crippen LogP contribution is -2.25. The summed E-state index contributed by atoms with van der Waals surface area (Å²) >= 11 is 0. The van der Waals surface area contributed by atoms with E-state index in [1.54, 1.807) is 0 Å². The minimum Gasteiger partial charge on any atom is -0.399 e. The van der Waals surface area contributed by atoms with Crippen LogP contribution in [0.2, 0.25) is 0 Å². The minimum atomic E-state index is 0.436. The van der Waals surface area contributed by atoms with Gasteiger partial charge in [-0.3, -0.25) is 0 Å².